The lowest BCUT2D eigenvalue weighted by Crippen LogP contribution is -2.27. The molecule has 0 aromatic carbocycles. The quantitative estimate of drug-likeness (QED) is 0.667. The Bertz CT molecular complexity index is 128. The van der Waals surface area contributed by atoms with Gasteiger partial charge in [0.15, 0.2) is 0 Å². The van der Waals surface area contributed by atoms with Crippen LogP contribution < -0.4 is 0 Å². The standard InChI is InChI=1S/C10H20OS/c1-9(2)11-7-10(8-12)5-3-4-6-10/h9,12H,3-8H2,1-2H3. The molecule has 1 saturated carbocycles. The highest BCUT2D eigenvalue weighted by atomic mass is 32.1. The monoisotopic (exact) mass is 188 g/mol. The van der Waals surface area contributed by atoms with Crippen molar-refractivity contribution in [2.24, 2.45) is 5.41 Å². The van der Waals surface area contributed by atoms with Crippen molar-refractivity contribution >= 4 is 12.6 Å². The maximum absolute atomic E-state index is 5.67. The summed E-state index contributed by atoms with van der Waals surface area (Å²) in [5.74, 6) is 0.986. The Balaban J connectivity index is 2.34. The second kappa shape index (κ2) is 4.52. The Kier molecular flexibility index (Phi) is 3.91. The maximum atomic E-state index is 5.67. The minimum absolute atomic E-state index is 0.363. The van der Waals surface area contributed by atoms with E-state index in [-0.39, 0.29) is 0 Å². The van der Waals surface area contributed by atoms with Gasteiger partial charge in [0.1, 0.15) is 0 Å². The average Bonchev–Trinajstić information content (AvgIpc) is 2.50. The van der Waals surface area contributed by atoms with Crippen molar-refractivity contribution in [3.8, 4) is 0 Å². The van der Waals surface area contributed by atoms with Gasteiger partial charge >= 0.3 is 0 Å². The highest BCUT2D eigenvalue weighted by Crippen LogP contribution is 2.39. The normalized spacial score (nSPS) is 22.0. The first-order chi connectivity index (χ1) is 5.68. The lowest BCUT2D eigenvalue weighted by atomic mass is 9.90. The number of hydrogen-bond donors (Lipinski definition) is 1. The van der Waals surface area contributed by atoms with Crippen LogP contribution in [0.1, 0.15) is 39.5 Å². The van der Waals surface area contributed by atoms with E-state index in [2.05, 4.69) is 26.5 Å². The molecule has 1 fully saturated rings. The number of rotatable bonds is 4. The lowest BCUT2D eigenvalue weighted by Gasteiger charge is -2.27. The predicted molar refractivity (Wildman–Crippen MR) is 55.8 cm³/mol. The van der Waals surface area contributed by atoms with Gasteiger partial charge in [-0.1, -0.05) is 12.8 Å². The molecule has 0 radical (unpaired) electrons. The smallest absolute Gasteiger partial charge is 0.0533 e. The molecule has 0 aliphatic heterocycles. The lowest BCUT2D eigenvalue weighted by molar-refractivity contribution is 0.0191. The third-order valence-electron chi connectivity index (χ3n) is 2.72. The second-order valence-electron chi connectivity index (χ2n) is 4.22. The molecule has 2 heteroatoms. The summed E-state index contributed by atoms with van der Waals surface area (Å²) in [5, 5.41) is 0. The maximum Gasteiger partial charge on any atom is 0.0533 e. The van der Waals surface area contributed by atoms with Crippen molar-refractivity contribution in [3.63, 3.8) is 0 Å². The van der Waals surface area contributed by atoms with Crippen molar-refractivity contribution in [1.29, 1.82) is 0 Å². The van der Waals surface area contributed by atoms with Crippen molar-refractivity contribution in [3.05, 3.63) is 0 Å². The topological polar surface area (TPSA) is 9.23 Å². The van der Waals surface area contributed by atoms with E-state index < -0.39 is 0 Å². The molecular weight excluding hydrogens is 168 g/mol. The van der Waals surface area contributed by atoms with Crippen LogP contribution in [0.4, 0.5) is 0 Å². The summed E-state index contributed by atoms with van der Waals surface area (Å²) in [6, 6.07) is 0. The van der Waals surface area contributed by atoms with Gasteiger partial charge in [-0.05, 0) is 32.4 Å². The first-order valence-electron chi connectivity index (χ1n) is 4.91. The first-order valence-corrected chi connectivity index (χ1v) is 5.54. The molecule has 0 bridgehead atoms. The Labute approximate surface area is 81.3 Å². The molecule has 0 heterocycles. The van der Waals surface area contributed by atoms with Crippen LogP contribution in [0.25, 0.3) is 0 Å². The Hall–Kier alpha value is 0.310. The molecule has 1 rings (SSSR count). The molecule has 72 valence electrons. The third kappa shape index (κ3) is 2.67. The zero-order valence-corrected chi connectivity index (χ0v) is 9.07. The molecule has 0 unspecified atom stereocenters. The molecule has 1 nitrogen and oxygen atoms in total. The summed E-state index contributed by atoms with van der Waals surface area (Å²) in [7, 11) is 0. The SMILES string of the molecule is CC(C)OCC1(CS)CCCC1. The summed E-state index contributed by atoms with van der Waals surface area (Å²) in [5.41, 5.74) is 0.410. The van der Waals surface area contributed by atoms with Crippen LogP contribution in [0, 0.1) is 5.41 Å². The largest absolute Gasteiger partial charge is 0.378 e. The fourth-order valence-electron chi connectivity index (χ4n) is 1.82. The van der Waals surface area contributed by atoms with Gasteiger partial charge < -0.3 is 4.74 Å². The Morgan fingerprint density at radius 1 is 1.33 bits per heavy atom. The van der Waals surface area contributed by atoms with E-state index in [9.17, 15) is 0 Å². The minimum Gasteiger partial charge on any atom is -0.378 e. The average molecular weight is 188 g/mol. The number of ether oxygens (including phenoxy) is 1. The van der Waals surface area contributed by atoms with Gasteiger partial charge in [-0.15, -0.1) is 0 Å². The summed E-state index contributed by atoms with van der Waals surface area (Å²) < 4.78 is 5.67. The molecule has 0 aromatic heterocycles. The van der Waals surface area contributed by atoms with Crippen LogP contribution in [0.5, 0.6) is 0 Å². The predicted octanol–water partition coefficient (Wildman–Crippen LogP) is 2.90. The van der Waals surface area contributed by atoms with Crippen LogP contribution in [0.3, 0.4) is 0 Å². The molecule has 12 heavy (non-hydrogen) atoms. The van der Waals surface area contributed by atoms with Crippen LogP contribution in [-0.2, 0) is 4.74 Å². The van der Waals surface area contributed by atoms with Crippen molar-refractivity contribution in [2.75, 3.05) is 12.4 Å². The molecule has 0 aromatic rings. The van der Waals surface area contributed by atoms with Gasteiger partial charge in [-0.3, -0.25) is 0 Å². The van der Waals surface area contributed by atoms with E-state index in [0.29, 0.717) is 11.5 Å². The van der Waals surface area contributed by atoms with Gasteiger partial charge in [0.2, 0.25) is 0 Å². The molecule has 0 spiro atoms. The van der Waals surface area contributed by atoms with E-state index in [1.165, 1.54) is 25.7 Å². The van der Waals surface area contributed by atoms with E-state index in [0.717, 1.165) is 12.4 Å². The van der Waals surface area contributed by atoms with E-state index >= 15 is 0 Å². The fraction of sp³-hybridized carbons (Fsp3) is 1.00. The van der Waals surface area contributed by atoms with Gasteiger partial charge in [-0.25, -0.2) is 0 Å². The summed E-state index contributed by atoms with van der Waals surface area (Å²) in [6.07, 6.45) is 5.71. The Morgan fingerprint density at radius 3 is 2.33 bits per heavy atom. The second-order valence-corrected chi connectivity index (χ2v) is 4.54. The minimum atomic E-state index is 0.363. The number of thiol groups is 1. The van der Waals surface area contributed by atoms with E-state index in [1.54, 1.807) is 0 Å². The van der Waals surface area contributed by atoms with Crippen molar-refractivity contribution in [1.82, 2.24) is 0 Å². The highest BCUT2D eigenvalue weighted by Gasteiger charge is 2.32. The molecular formula is C10H20OS. The van der Waals surface area contributed by atoms with Gasteiger partial charge in [0, 0.05) is 5.41 Å². The molecule has 0 N–H and O–H groups in total. The van der Waals surface area contributed by atoms with Crippen LogP contribution >= 0.6 is 12.6 Å². The van der Waals surface area contributed by atoms with Gasteiger partial charge in [-0.2, -0.15) is 12.6 Å². The fourth-order valence-corrected chi connectivity index (χ4v) is 2.22. The van der Waals surface area contributed by atoms with Crippen molar-refractivity contribution < 1.29 is 4.74 Å². The number of hydrogen-bond acceptors (Lipinski definition) is 2. The molecule has 0 amide bonds. The summed E-state index contributed by atoms with van der Waals surface area (Å²) in [6.45, 7) is 5.11. The zero-order chi connectivity index (χ0) is 9.03. The van der Waals surface area contributed by atoms with Crippen LogP contribution in [-0.4, -0.2) is 18.5 Å². The first kappa shape index (κ1) is 10.4. The Morgan fingerprint density at radius 2 is 1.92 bits per heavy atom. The van der Waals surface area contributed by atoms with Crippen LogP contribution in [0.2, 0.25) is 0 Å². The third-order valence-corrected chi connectivity index (χ3v) is 3.39. The molecule has 0 atom stereocenters. The highest BCUT2D eigenvalue weighted by molar-refractivity contribution is 7.80. The molecule has 0 saturated heterocycles. The molecule has 1 aliphatic carbocycles. The van der Waals surface area contributed by atoms with Crippen molar-refractivity contribution in [2.45, 2.75) is 45.6 Å². The summed E-state index contributed by atoms with van der Waals surface area (Å²) >= 11 is 4.42. The van der Waals surface area contributed by atoms with E-state index in [1.807, 2.05) is 0 Å². The van der Waals surface area contributed by atoms with Gasteiger partial charge in [0.25, 0.3) is 0 Å². The van der Waals surface area contributed by atoms with E-state index in [4.69, 9.17) is 4.74 Å². The van der Waals surface area contributed by atoms with Gasteiger partial charge in [0.05, 0.1) is 12.7 Å². The summed E-state index contributed by atoms with van der Waals surface area (Å²) in [4.78, 5) is 0. The van der Waals surface area contributed by atoms with Crippen LogP contribution in [0.15, 0.2) is 0 Å². The molecule has 1 aliphatic rings. The zero-order valence-electron chi connectivity index (χ0n) is 8.18.